The van der Waals surface area contributed by atoms with Crippen LogP contribution in [0.5, 0.6) is 5.75 Å². The first-order chi connectivity index (χ1) is 16.8. The van der Waals surface area contributed by atoms with Gasteiger partial charge in [-0.25, -0.2) is 4.39 Å². The molecule has 0 saturated carbocycles. The molecule has 6 nitrogen and oxygen atoms in total. The fourth-order valence-corrected chi connectivity index (χ4v) is 4.26. The van der Waals surface area contributed by atoms with Crippen LogP contribution in [0.4, 0.5) is 14.9 Å². The van der Waals surface area contributed by atoms with Crippen molar-refractivity contribution in [1.82, 2.24) is 4.90 Å². The molecule has 8 heteroatoms. The second kappa shape index (κ2) is 10.6. The molecule has 0 bridgehead atoms. The molecule has 3 amide bonds. The third kappa shape index (κ3) is 5.96. The Balaban J connectivity index is 1.40. The van der Waals surface area contributed by atoms with Crippen molar-refractivity contribution in [2.45, 2.75) is 20.5 Å². The number of benzene rings is 3. The molecule has 0 atom stereocenters. The predicted octanol–water partition coefficient (Wildman–Crippen LogP) is 5.70. The summed E-state index contributed by atoms with van der Waals surface area (Å²) in [6.07, 6.45) is 1.57. The van der Waals surface area contributed by atoms with Gasteiger partial charge in [0.1, 0.15) is 24.7 Å². The third-order valence-corrected chi connectivity index (χ3v) is 6.38. The van der Waals surface area contributed by atoms with Crippen molar-refractivity contribution in [2.24, 2.45) is 0 Å². The van der Waals surface area contributed by atoms with E-state index in [0.29, 0.717) is 22.6 Å². The maximum atomic E-state index is 13.8. The van der Waals surface area contributed by atoms with E-state index in [1.165, 1.54) is 6.07 Å². The molecule has 1 aliphatic heterocycles. The highest BCUT2D eigenvalue weighted by molar-refractivity contribution is 8.18. The Morgan fingerprint density at radius 1 is 1.03 bits per heavy atom. The zero-order valence-electron chi connectivity index (χ0n) is 19.2. The van der Waals surface area contributed by atoms with Crippen LogP contribution in [-0.4, -0.2) is 28.5 Å². The van der Waals surface area contributed by atoms with Crippen LogP contribution in [0.15, 0.2) is 71.6 Å². The molecule has 1 saturated heterocycles. The Bertz CT molecular complexity index is 1340. The van der Waals surface area contributed by atoms with Crippen LogP contribution in [0, 0.1) is 19.7 Å². The number of thioether (sulfide) groups is 1. The van der Waals surface area contributed by atoms with Crippen molar-refractivity contribution in [3.05, 3.63) is 99.7 Å². The van der Waals surface area contributed by atoms with Gasteiger partial charge in [0, 0.05) is 11.3 Å². The van der Waals surface area contributed by atoms with E-state index in [1.54, 1.807) is 54.6 Å². The number of carbonyl (C=O) groups excluding carboxylic acids is 3. The number of halogens is 1. The molecule has 0 radical (unpaired) electrons. The molecular formula is C27H23FN2O4S. The molecule has 3 aromatic rings. The normalized spacial score (nSPS) is 14.5. The number of carbonyl (C=O) groups is 3. The highest BCUT2D eigenvalue weighted by Gasteiger charge is 2.36. The van der Waals surface area contributed by atoms with E-state index in [-0.39, 0.29) is 23.9 Å². The molecule has 0 spiro atoms. The SMILES string of the molecule is Cc1ccc(NC(=O)CN2C(=O)S/C(=C\c3cccc(OCc4ccccc4F)c3)C2=O)cc1C. The van der Waals surface area contributed by atoms with Gasteiger partial charge in [0.25, 0.3) is 11.1 Å². The van der Waals surface area contributed by atoms with Gasteiger partial charge < -0.3 is 10.1 Å². The van der Waals surface area contributed by atoms with E-state index in [9.17, 15) is 18.8 Å². The van der Waals surface area contributed by atoms with Crippen LogP contribution in [0.2, 0.25) is 0 Å². The number of nitrogens with one attached hydrogen (secondary N) is 1. The highest BCUT2D eigenvalue weighted by Crippen LogP contribution is 2.32. The predicted molar refractivity (Wildman–Crippen MR) is 134 cm³/mol. The minimum Gasteiger partial charge on any atom is -0.489 e. The number of imide groups is 1. The molecular weight excluding hydrogens is 467 g/mol. The lowest BCUT2D eigenvalue weighted by Gasteiger charge is -2.13. The number of ether oxygens (including phenoxy) is 1. The van der Waals surface area contributed by atoms with Gasteiger partial charge in [-0.15, -0.1) is 0 Å². The van der Waals surface area contributed by atoms with Crippen molar-refractivity contribution in [1.29, 1.82) is 0 Å². The molecule has 35 heavy (non-hydrogen) atoms. The largest absolute Gasteiger partial charge is 0.489 e. The number of hydrogen-bond donors (Lipinski definition) is 1. The second-order valence-electron chi connectivity index (χ2n) is 8.07. The monoisotopic (exact) mass is 490 g/mol. The molecule has 0 aliphatic carbocycles. The lowest BCUT2D eigenvalue weighted by molar-refractivity contribution is -0.127. The van der Waals surface area contributed by atoms with Gasteiger partial charge >= 0.3 is 0 Å². The summed E-state index contributed by atoms with van der Waals surface area (Å²) in [6, 6.07) is 18.8. The smallest absolute Gasteiger partial charge is 0.294 e. The van der Waals surface area contributed by atoms with Gasteiger partial charge in [-0.3, -0.25) is 19.3 Å². The van der Waals surface area contributed by atoms with Crippen LogP contribution in [0.3, 0.4) is 0 Å². The molecule has 4 rings (SSSR count). The van der Waals surface area contributed by atoms with Gasteiger partial charge in [-0.2, -0.15) is 0 Å². The Morgan fingerprint density at radius 3 is 2.60 bits per heavy atom. The van der Waals surface area contributed by atoms with Crippen molar-refractivity contribution < 1.29 is 23.5 Å². The van der Waals surface area contributed by atoms with Gasteiger partial charge in [0.2, 0.25) is 5.91 Å². The molecule has 0 aromatic heterocycles. The van der Waals surface area contributed by atoms with Crippen LogP contribution in [-0.2, 0) is 16.2 Å². The summed E-state index contributed by atoms with van der Waals surface area (Å²) < 4.78 is 19.5. The first-order valence-corrected chi connectivity index (χ1v) is 11.7. The maximum Gasteiger partial charge on any atom is 0.294 e. The lowest BCUT2D eigenvalue weighted by atomic mass is 10.1. The standard InChI is InChI=1S/C27H23FN2O4S/c1-17-10-11-21(12-18(17)2)29-25(31)15-30-26(32)24(35-27(30)33)14-19-6-5-8-22(13-19)34-16-20-7-3-4-9-23(20)28/h3-14H,15-16H2,1-2H3,(H,29,31)/b24-14-. The average molecular weight is 491 g/mol. The molecule has 1 heterocycles. The number of hydrogen-bond acceptors (Lipinski definition) is 5. The van der Waals surface area contributed by atoms with E-state index in [1.807, 2.05) is 26.0 Å². The maximum absolute atomic E-state index is 13.8. The summed E-state index contributed by atoms with van der Waals surface area (Å²) in [7, 11) is 0. The van der Waals surface area contributed by atoms with Crippen LogP contribution < -0.4 is 10.1 Å². The molecule has 1 aliphatic rings. The molecule has 178 valence electrons. The Morgan fingerprint density at radius 2 is 1.83 bits per heavy atom. The zero-order chi connectivity index (χ0) is 24.9. The van der Waals surface area contributed by atoms with Crippen molar-refractivity contribution >= 4 is 40.6 Å². The van der Waals surface area contributed by atoms with Crippen molar-refractivity contribution in [2.75, 3.05) is 11.9 Å². The summed E-state index contributed by atoms with van der Waals surface area (Å²) >= 11 is 0.775. The summed E-state index contributed by atoms with van der Waals surface area (Å²) in [4.78, 5) is 38.8. The minimum absolute atomic E-state index is 0.0578. The topological polar surface area (TPSA) is 75.7 Å². The molecule has 1 N–H and O–H groups in total. The fraction of sp³-hybridized carbons (Fsp3) is 0.148. The number of anilines is 1. The third-order valence-electron chi connectivity index (χ3n) is 5.47. The molecule has 0 unspecified atom stereocenters. The summed E-state index contributed by atoms with van der Waals surface area (Å²) in [6.45, 7) is 3.59. The molecule has 1 fully saturated rings. The number of nitrogens with zero attached hydrogens (tertiary/aromatic N) is 1. The van der Waals surface area contributed by atoms with Gasteiger partial charge in [0.15, 0.2) is 0 Å². The number of amides is 3. The van der Waals surface area contributed by atoms with E-state index >= 15 is 0 Å². The van der Waals surface area contributed by atoms with E-state index in [0.717, 1.165) is 27.8 Å². The summed E-state index contributed by atoms with van der Waals surface area (Å²) in [5.74, 6) is -0.846. The molecule has 3 aromatic carbocycles. The van der Waals surface area contributed by atoms with Crippen LogP contribution in [0.25, 0.3) is 6.08 Å². The highest BCUT2D eigenvalue weighted by atomic mass is 32.2. The number of aryl methyl sites for hydroxylation is 2. The second-order valence-corrected chi connectivity index (χ2v) is 9.06. The number of rotatable bonds is 7. The van der Waals surface area contributed by atoms with Gasteiger partial charge in [-0.1, -0.05) is 36.4 Å². The zero-order valence-corrected chi connectivity index (χ0v) is 20.0. The van der Waals surface area contributed by atoms with E-state index in [4.69, 9.17) is 4.74 Å². The average Bonchev–Trinajstić information content (AvgIpc) is 3.08. The fourth-order valence-electron chi connectivity index (χ4n) is 3.42. The summed E-state index contributed by atoms with van der Waals surface area (Å²) in [5.41, 5.74) is 3.80. The van der Waals surface area contributed by atoms with Crippen molar-refractivity contribution in [3.8, 4) is 5.75 Å². The van der Waals surface area contributed by atoms with Crippen LogP contribution >= 0.6 is 11.8 Å². The van der Waals surface area contributed by atoms with Crippen LogP contribution in [0.1, 0.15) is 22.3 Å². The Labute approximate surface area is 206 Å². The van der Waals surface area contributed by atoms with Crippen molar-refractivity contribution in [3.63, 3.8) is 0 Å². The quantitative estimate of drug-likeness (QED) is 0.430. The van der Waals surface area contributed by atoms with E-state index in [2.05, 4.69) is 5.32 Å². The van der Waals surface area contributed by atoms with E-state index < -0.39 is 17.1 Å². The summed E-state index contributed by atoms with van der Waals surface area (Å²) in [5, 5.41) is 2.21. The first kappa shape index (κ1) is 24.2. The Kier molecular flexibility index (Phi) is 7.31. The van der Waals surface area contributed by atoms with Gasteiger partial charge in [0.05, 0.1) is 4.91 Å². The lowest BCUT2D eigenvalue weighted by Crippen LogP contribution is -2.36. The minimum atomic E-state index is -0.534. The Hall–Kier alpha value is -3.91. The van der Waals surface area contributed by atoms with Gasteiger partial charge in [-0.05, 0) is 78.7 Å². The first-order valence-electron chi connectivity index (χ1n) is 10.9.